The number of rotatable bonds is 7. The fraction of sp³-hybridized carbons (Fsp3) is 0.615. The highest BCUT2D eigenvalue weighted by Crippen LogP contribution is 2.46. The Kier molecular flexibility index (Phi) is 7.04. The minimum Gasteiger partial charge on any atom is -0.541 e. The van der Waals surface area contributed by atoms with Crippen LogP contribution in [0.2, 0.25) is 18.1 Å². The van der Waals surface area contributed by atoms with Gasteiger partial charge in [-0.05, 0) is 59.3 Å². The summed E-state index contributed by atoms with van der Waals surface area (Å²) in [7, 11) is -0.243. The van der Waals surface area contributed by atoms with Crippen molar-refractivity contribution in [2.75, 3.05) is 13.7 Å². The Labute approximate surface area is 184 Å². The summed E-state index contributed by atoms with van der Waals surface area (Å²) in [6, 6.07) is 4.52. The average Bonchev–Trinajstić information content (AvgIpc) is 3.01. The van der Waals surface area contributed by atoms with E-state index in [1.54, 1.807) is 7.11 Å². The number of fused-ring (bicyclic) bond motifs is 1. The molecule has 0 amide bonds. The SMILES string of the molecule is C#CCNC1C(CC2CCCCC2)=Cc2cc(OC)c(O[Si](C)(C)C(C)(C)C)cc21. The van der Waals surface area contributed by atoms with Gasteiger partial charge in [0.15, 0.2) is 5.75 Å². The second kappa shape index (κ2) is 9.20. The van der Waals surface area contributed by atoms with Crippen LogP contribution in [0.15, 0.2) is 17.7 Å². The Morgan fingerprint density at radius 1 is 1.13 bits per heavy atom. The molecule has 1 N–H and O–H groups in total. The van der Waals surface area contributed by atoms with Crippen LogP contribution >= 0.6 is 0 Å². The lowest BCUT2D eigenvalue weighted by Crippen LogP contribution is -2.44. The van der Waals surface area contributed by atoms with Crippen LogP contribution in [-0.4, -0.2) is 22.0 Å². The quantitative estimate of drug-likeness (QED) is 0.389. The van der Waals surface area contributed by atoms with Crippen molar-refractivity contribution < 1.29 is 9.16 Å². The number of methoxy groups -OCH3 is 1. The van der Waals surface area contributed by atoms with Crippen molar-refractivity contribution in [1.82, 2.24) is 5.32 Å². The third-order valence-corrected chi connectivity index (χ3v) is 11.6. The molecule has 2 aliphatic carbocycles. The fourth-order valence-corrected chi connectivity index (χ4v) is 5.44. The van der Waals surface area contributed by atoms with Crippen molar-refractivity contribution in [1.29, 1.82) is 0 Å². The van der Waals surface area contributed by atoms with Gasteiger partial charge in [-0.25, -0.2) is 0 Å². The lowest BCUT2D eigenvalue weighted by molar-refractivity contribution is 0.350. The van der Waals surface area contributed by atoms with Gasteiger partial charge in [0.25, 0.3) is 8.32 Å². The molecule has 0 aliphatic heterocycles. The predicted octanol–water partition coefficient (Wildman–Crippen LogP) is 6.71. The molecule has 1 aromatic carbocycles. The van der Waals surface area contributed by atoms with Gasteiger partial charge in [0.05, 0.1) is 19.7 Å². The molecule has 1 unspecified atom stereocenters. The van der Waals surface area contributed by atoms with E-state index in [1.165, 1.54) is 48.8 Å². The van der Waals surface area contributed by atoms with Crippen LogP contribution in [0, 0.1) is 18.3 Å². The molecule has 1 saturated carbocycles. The summed E-state index contributed by atoms with van der Waals surface area (Å²) in [5, 5.41) is 3.72. The number of terminal acetylenes is 1. The minimum atomic E-state index is -1.98. The maximum absolute atomic E-state index is 6.67. The molecular formula is C26H39NO2Si. The third-order valence-electron chi connectivity index (χ3n) is 7.22. The van der Waals surface area contributed by atoms with Crippen LogP contribution in [0.25, 0.3) is 6.08 Å². The molecular weight excluding hydrogens is 386 g/mol. The molecule has 0 heterocycles. The molecule has 1 fully saturated rings. The summed E-state index contributed by atoms with van der Waals surface area (Å²) in [5.41, 5.74) is 3.96. The van der Waals surface area contributed by atoms with Crippen molar-refractivity contribution in [3.63, 3.8) is 0 Å². The first-order valence-electron chi connectivity index (χ1n) is 11.4. The van der Waals surface area contributed by atoms with Crippen molar-refractivity contribution in [2.45, 2.75) is 83.5 Å². The number of benzene rings is 1. The molecule has 30 heavy (non-hydrogen) atoms. The van der Waals surface area contributed by atoms with E-state index in [0.29, 0.717) is 6.54 Å². The van der Waals surface area contributed by atoms with Crippen LogP contribution in [0.1, 0.15) is 76.5 Å². The third kappa shape index (κ3) is 4.95. The summed E-state index contributed by atoms with van der Waals surface area (Å²) in [4.78, 5) is 0. The number of hydrogen-bond acceptors (Lipinski definition) is 3. The monoisotopic (exact) mass is 425 g/mol. The van der Waals surface area contributed by atoms with Crippen LogP contribution in [-0.2, 0) is 0 Å². The van der Waals surface area contributed by atoms with Gasteiger partial charge < -0.3 is 9.16 Å². The van der Waals surface area contributed by atoms with Gasteiger partial charge in [0.2, 0.25) is 0 Å². The lowest BCUT2D eigenvalue weighted by Gasteiger charge is -2.37. The second-order valence-electron chi connectivity index (χ2n) is 10.4. The van der Waals surface area contributed by atoms with Gasteiger partial charge in [0, 0.05) is 0 Å². The Morgan fingerprint density at radius 3 is 2.43 bits per heavy atom. The zero-order valence-electron chi connectivity index (χ0n) is 19.7. The van der Waals surface area contributed by atoms with Crippen molar-refractivity contribution >= 4 is 14.4 Å². The van der Waals surface area contributed by atoms with Gasteiger partial charge in [0.1, 0.15) is 5.75 Å². The Morgan fingerprint density at radius 2 is 1.83 bits per heavy atom. The van der Waals surface area contributed by atoms with Gasteiger partial charge in [-0.3, -0.25) is 5.32 Å². The average molecular weight is 426 g/mol. The Balaban J connectivity index is 1.92. The van der Waals surface area contributed by atoms with E-state index in [0.717, 1.165) is 23.8 Å². The molecule has 0 aromatic heterocycles. The van der Waals surface area contributed by atoms with Crippen LogP contribution in [0.3, 0.4) is 0 Å². The fourth-order valence-electron chi connectivity index (χ4n) is 4.42. The second-order valence-corrected chi connectivity index (χ2v) is 15.2. The standard InChI is InChI=1S/C26H39NO2Si/c1-8-14-27-25-21(15-19-12-10-9-11-13-19)16-20-17-23(28-5)24(18-22(20)25)29-30(6,7)26(2,3)4/h1,16-19,25,27H,9-15H2,2-7H3. The molecule has 1 atom stereocenters. The first-order valence-corrected chi connectivity index (χ1v) is 14.4. The number of nitrogens with one attached hydrogen (secondary N) is 1. The predicted molar refractivity (Wildman–Crippen MR) is 130 cm³/mol. The number of ether oxygens (including phenoxy) is 1. The molecule has 3 nitrogen and oxygen atoms in total. The van der Waals surface area contributed by atoms with E-state index in [9.17, 15) is 0 Å². The highest BCUT2D eigenvalue weighted by Gasteiger charge is 2.40. The first kappa shape index (κ1) is 23.0. The molecule has 2 aliphatic rings. The van der Waals surface area contributed by atoms with E-state index in [-0.39, 0.29) is 11.1 Å². The molecule has 0 saturated heterocycles. The maximum Gasteiger partial charge on any atom is 0.250 e. The van der Waals surface area contributed by atoms with E-state index in [4.69, 9.17) is 15.6 Å². The normalized spacial score (nSPS) is 19.8. The molecule has 3 rings (SSSR count). The van der Waals surface area contributed by atoms with E-state index < -0.39 is 8.32 Å². The van der Waals surface area contributed by atoms with Gasteiger partial charge in [-0.15, -0.1) is 6.42 Å². The summed E-state index contributed by atoms with van der Waals surface area (Å²) >= 11 is 0. The van der Waals surface area contributed by atoms with E-state index in [1.807, 2.05) is 0 Å². The highest BCUT2D eigenvalue weighted by atomic mass is 28.4. The summed E-state index contributed by atoms with van der Waals surface area (Å²) < 4.78 is 12.4. The molecule has 4 heteroatoms. The van der Waals surface area contributed by atoms with Crippen molar-refractivity contribution in [3.8, 4) is 23.8 Å². The molecule has 1 aromatic rings. The van der Waals surface area contributed by atoms with Gasteiger partial charge in [-0.1, -0.05) is 64.9 Å². The zero-order valence-corrected chi connectivity index (χ0v) is 20.7. The van der Waals surface area contributed by atoms with Gasteiger partial charge in [-0.2, -0.15) is 0 Å². The largest absolute Gasteiger partial charge is 0.541 e. The van der Waals surface area contributed by atoms with Crippen molar-refractivity contribution in [3.05, 3.63) is 28.8 Å². The maximum atomic E-state index is 6.67. The van der Waals surface area contributed by atoms with Crippen LogP contribution < -0.4 is 14.5 Å². The van der Waals surface area contributed by atoms with Crippen molar-refractivity contribution in [2.24, 2.45) is 5.92 Å². The molecule has 0 bridgehead atoms. The molecule has 164 valence electrons. The summed E-state index contributed by atoms with van der Waals surface area (Å²) in [5.74, 6) is 5.24. The van der Waals surface area contributed by atoms with Gasteiger partial charge >= 0.3 is 0 Å². The molecule has 0 radical (unpaired) electrons. The van der Waals surface area contributed by atoms with Crippen LogP contribution in [0.4, 0.5) is 0 Å². The zero-order chi connectivity index (χ0) is 21.9. The van der Waals surface area contributed by atoms with E-state index >= 15 is 0 Å². The van der Waals surface area contributed by atoms with E-state index in [2.05, 4.69) is 63.3 Å². The first-order chi connectivity index (χ1) is 14.2. The Bertz CT molecular complexity index is 823. The number of hydrogen-bond donors (Lipinski definition) is 1. The minimum absolute atomic E-state index is 0.128. The highest BCUT2D eigenvalue weighted by molar-refractivity contribution is 6.74. The Hall–Kier alpha value is -1.70. The molecule has 0 spiro atoms. The summed E-state index contributed by atoms with van der Waals surface area (Å²) in [6.45, 7) is 11.9. The topological polar surface area (TPSA) is 30.5 Å². The summed E-state index contributed by atoms with van der Waals surface area (Å²) in [6.07, 6.45) is 15.9. The lowest BCUT2D eigenvalue weighted by atomic mass is 9.83. The van der Waals surface area contributed by atoms with Crippen LogP contribution in [0.5, 0.6) is 11.5 Å². The smallest absolute Gasteiger partial charge is 0.250 e.